The fourth-order valence-corrected chi connectivity index (χ4v) is 3.26. The minimum absolute atomic E-state index is 0.109. The lowest BCUT2D eigenvalue weighted by molar-refractivity contribution is 0.501. The van der Waals surface area contributed by atoms with Gasteiger partial charge in [-0.1, -0.05) is 71.7 Å². The van der Waals surface area contributed by atoms with Crippen molar-refractivity contribution in [1.82, 2.24) is 19.6 Å². The summed E-state index contributed by atoms with van der Waals surface area (Å²) in [5.74, 6) is 2.02. The second-order valence-electron chi connectivity index (χ2n) is 8.20. The zero-order valence-corrected chi connectivity index (χ0v) is 16.3. The third-order valence-electron chi connectivity index (χ3n) is 4.75. The summed E-state index contributed by atoms with van der Waals surface area (Å²) in [5.41, 5.74) is 2.83. The zero-order chi connectivity index (χ0) is 18.9. The molecule has 0 aliphatic heterocycles. The molecule has 0 radical (unpaired) electrons. The van der Waals surface area contributed by atoms with Gasteiger partial charge in [-0.3, -0.25) is 9.89 Å². The maximum Gasteiger partial charge on any atom is 0.266 e. The van der Waals surface area contributed by atoms with Crippen LogP contribution < -0.4 is 5.56 Å². The van der Waals surface area contributed by atoms with Gasteiger partial charge in [-0.25, -0.2) is 14.5 Å². The first-order valence-corrected chi connectivity index (χ1v) is 9.37. The number of hydrogen-bond acceptors (Lipinski definition) is 3. The first-order valence-electron chi connectivity index (χ1n) is 9.37. The molecule has 5 nitrogen and oxygen atoms in total. The molecule has 0 fully saturated rings. The predicted octanol–water partition coefficient (Wildman–Crippen LogP) is 4.36. The minimum Gasteiger partial charge on any atom is -0.268 e. The van der Waals surface area contributed by atoms with Crippen LogP contribution in [0.1, 0.15) is 58.8 Å². The zero-order valence-electron chi connectivity index (χ0n) is 16.3. The third kappa shape index (κ3) is 3.87. The molecule has 5 heteroatoms. The highest BCUT2D eigenvalue weighted by atomic mass is 16.1. The van der Waals surface area contributed by atoms with E-state index in [2.05, 4.69) is 69.0 Å². The second-order valence-corrected chi connectivity index (χ2v) is 8.20. The quantitative estimate of drug-likeness (QED) is 0.742. The molecule has 1 aromatic carbocycles. The highest BCUT2D eigenvalue weighted by molar-refractivity contribution is 5.58. The summed E-state index contributed by atoms with van der Waals surface area (Å²) < 4.78 is 1.72. The first-order chi connectivity index (χ1) is 12.3. The van der Waals surface area contributed by atoms with E-state index < -0.39 is 0 Å². The van der Waals surface area contributed by atoms with Crippen molar-refractivity contribution in [1.29, 1.82) is 0 Å². The van der Waals surface area contributed by atoms with Gasteiger partial charge < -0.3 is 0 Å². The molecule has 2 aromatic heterocycles. The monoisotopic (exact) mass is 352 g/mol. The second kappa shape index (κ2) is 7.06. The lowest BCUT2D eigenvalue weighted by atomic mass is 9.87. The molecule has 0 saturated heterocycles. The van der Waals surface area contributed by atoms with E-state index in [0.717, 1.165) is 30.7 Å². The van der Waals surface area contributed by atoms with Crippen molar-refractivity contribution in [3.63, 3.8) is 0 Å². The van der Waals surface area contributed by atoms with Crippen molar-refractivity contribution >= 4 is 5.65 Å². The normalized spacial score (nSPS) is 13.3. The summed E-state index contributed by atoms with van der Waals surface area (Å²) in [5, 5.41) is 2.82. The smallest absolute Gasteiger partial charge is 0.266 e. The number of fused-ring (bicyclic) bond motifs is 1. The van der Waals surface area contributed by atoms with Gasteiger partial charge in [0, 0.05) is 18.1 Å². The maximum atomic E-state index is 11.8. The van der Waals surface area contributed by atoms with Gasteiger partial charge in [0.25, 0.3) is 5.56 Å². The molecule has 26 heavy (non-hydrogen) atoms. The average Bonchev–Trinajstić information content (AvgIpc) is 2.95. The summed E-state index contributed by atoms with van der Waals surface area (Å²) in [6, 6.07) is 9.92. The number of nitrogens with zero attached hydrogens (tertiary/aromatic N) is 3. The molecule has 1 atom stereocenters. The summed E-state index contributed by atoms with van der Waals surface area (Å²) in [4.78, 5) is 21.2. The molecular weight excluding hydrogens is 324 g/mol. The van der Waals surface area contributed by atoms with Gasteiger partial charge in [-0.2, -0.15) is 0 Å². The van der Waals surface area contributed by atoms with Crippen LogP contribution >= 0.6 is 0 Å². The molecular formula is C21H28N4O. The Labute approximate surface area is 154 Å². The molecule has 0 spiro atoms. The van der Waals surface area contributed by atoms with Crippen LogP contribution in [0.4, 0.5) is 0 Å². The molecule has 0 amide bonds. The van der Waals surface area contributed by atoms with Crippen molar-refractivity contribution in [3.8, 4) is 11.4 Å². The molecule has 0 saturated carbocycles. The Balaban J connectivity index is 2.04. The van der Waals surface area contributed by atoms with Crippen LogP contribution in [-0.2, 0) is 11.8 Å². The van der Waals surface area contributed by atoms with Crippen molar-refractivity contribution in [3.05, 3.63) is 52.1 Å². The molecule has 1 unspecified atom stereocenters. The van der Waals surface area contributed by atoms with Gasteiger partial charge in [0.2, 0.25) is 0 Å². The Morgan fingerprint density at radius 3 is 2.46 bits per heavy atom. The molecule has 138 valence electrons. The SMILES string of the molecule is CCCC(C)Cc1nc(-c2ccc(C(C)(C)C)cc2)nc2cc(=O)[nH]n12. The number of nitrogens with one attached hydrogen (secondary N) is 1. The molecule has 1 N–H and O–H groups in total. The van der Waals surface area contributed by atoms with E-state index in [1.807, 2.05) is 0 Å². The highest BCUT2D eigenvalue weighted by Gasteiger charge is 2.16. The van der Waals surface area contributed by atoms with Crippen molar-refractivity contribution in [2.24, 2.45) is 5.92 Å². The minimum atomic E-state index is -0.149. The summed E-state index contributed by atoms with van der Waals surface area (Å²) >= 11 is 0. The molecule has 0 aliphatic rings. The Bertz CT molecular complexity index is 945. The van der Waals surface area contributed by atoms with Gasteiger partial charge >= 0.3 is 0 Å². The van der Waals surface area contributed by atoms with Crippen LogP contribution in [0.15, 0.2) is 35.1 Å². The van der Waals surface area contributed by atoms with Gasteiger partial charge in [0.15, 0.2) is 11.5 Å². The standard InChI is InChI=1S/C21H28N4O/c1-6-7-14(2)12-17-22-20(23-18-13-19(26)24-25(17)18)15-8-10-16(11-9-15)21(3,4)5/h8-11,13-14H,6-7,12H2,1-5H3,(H,24,26). The average molecular weight is 352 g/mol. The molecule has 2 heterocycles. The number of aromatic amines is 1. The van der Waals surface area contributed by atoms with Crippen LogP contribution in [0.5, 0.6) is 0 Å². The van der Waals surface area contributed by atoms with E-state index in [-0.39, 0.29) is 11.0 Å². The van der Waals surface area contributed by atoms with Gasteiger partial charge in [0.05, 0.1) is 0 Å². The summed E-state index contributed by atoms with van der Waals surface area (Å²) in [6.45, 7) is 11.0. The molecule has 3 aromatic rings. The Kier molecular flexibility index (Phi) is 4.99. The molecule has 0 aliphatic carbocycles. The van der Waals surface area contributed by atoms with Crippen LogP contribution in [0, 0.1) is 5.92 Å². The lowest BCUT2D eigenvalue weighted by Crippen LogP contribution is -2.12. The van der Waals surface area contributed by atoms with Crippen LogP contribution in [-0.4, -0.2) is 19.6 Å². The van der Waals surface area contributed by atoms with E-state index >= 15 is 0 Å². The van der Waals surface area contributed by atoms with Gasteiger partial charge in [-0.15, -0.1) is 0 Å². The fourth-order valence-electron chi connectivity index (χ4n) is 3.26. The number of benzene rings is 1. The Hall–Kier alpha value is -2.43. The Morgan fingerprint density at radius 1 is 1.15 bits per heavy atom. The molecule has 0 bridgehead atoms. The van der Waals surface area contributed by atoms with Gasteiger partial charge in [-0.05, 0) is 16.9 Å². The summed E-state index contributed by atoms with van der Waals surface area (Å²) in [7, 11) is 0. The highest BCUT2D eigenvalue weighted by Crippen LogP contribution is 2.25. The maximum absolute atomic E-state index is 11.8. The number of rotatable bonds is 5. The number of hydrogen-bond donors (Lipinski definition) is 1. The number of H-pyrrole nitrogens is 1. The first kappa shape index (κ1) is 18.4. The van der Waals surface area contributed by atoms with E-state index in [1.54, 1.807) is 4.52 Å². The van der Waals surface area contributed by atoms with Crippen LogP contribution in [0.3, 0.4) is 0 Å². The van der Waals surface area contributed by atoms with Crippen LogP contribution in [0.25, 0.3) is 17.0 Å². The van der Waals surface area contributed by atoms with Crippen LogP contribution in [0.2, 0.25) is 0 Å². The largest absolute Gasteiger partial charge is 0.268 e. The third-order valence-corrected chi connectivity index (χ3v) is 4.75. The van der Waals surface area contributed by atoms with Crippen molar-refractivity contribution in [2.75, 3.05) is 0 Å². The topological polar surface area (TPSA) is 63.0 Å². The number of aromatic nitrogens is 4. The summed E-state index contributed by atoms with van der Waals surface area (Å²) in [6.07, 6.45) is 3.08. The van der Waals surface area contributed by atoms with E-state index in [9.17, 15) is 4.79 Å². The van der Waals surface area contributed by atoms with Gasteiger partial charge in [0.1, 0.15) is 5.82 Å². The lowest BCUT2D eigenvalue weighted by Gasteiger charge is -2.19. The van der Waals surface area contributed by atoms with E-state index in [4.69, 9.17) is 4.98 Å². The Morgan fingerprint density at radius 2 is 1.85 bits per heavy atom. The molecule has 3 rings (SSSR count). The predicted molar refractivity (Wildman–Crippen MR) is 106 cm³/mol. The fraction of sp³-hybridized carbons (Fsp3) is 0.476. The van der Waals surface area contributed by atoms with Crippen molar-refractivity contribution in [2.45, 2.75) is 59.3 Å². The van der Waals surface area contributed by atoms with E-state index in [1.165, 1.54) is 11.6 Å². The van der Waals surface area contributed by atoms with E-state index in [0.29, 0.717) is 17.4 Å². The van der Waals surface area contributed by atoms with Crippen molar-refractivity contribution < 1.29 is 0 Å².